The quantitative estimate of drug-likeness (QED) is 0.679. The third kappa shape index (κ3) is 2.27. The standard InChI is InChI=1S/C8H3BrF6/c9-5-2-1-4(3-6(5)10)7(11,12)8(13,14)15/h1-3H. The molecule has 0 saturated heterocycles. The van der Waals surface area contributed by atoms with Crippen molar-refractivity contribution in [2.75, 3.05) is 0 Å². The first-order chi connectivity index (χ1) is 6.66. The van der Waals surface area contributed by atoms with Gasteiger partial charge < -0.3 is 0 Å². The van der Waals surface area contributed by atoms with Crippen LogP contribution in [0.15, 0.2) is 22.7 Å². The van der Waals surface area contributed by atoms with Gasteiger partial charge in [0.15, 0.2) is 0 Å². The zero-order valence-corrected chi connectivity index (χ0v) is 8.46. The highest BCUT2D eigenvalue weighted by molar-refractivity contribution is 9.10. The monoisotopic (exact) mass is 292 g/mol. The fourth-order valence-electron chi connectivity index (χ4n) is 0.855. The van der Waals surface area contributed by atoms with Crippen molar-refractivity contribution in [3.8, 4) is 0 Å². The van der Waals surface area contributed by atoms with Crippen LogP contribution < -0.4 is 0 Å². The predicted octanol–water partition coefficient (Wildman–Crippen LogP) is 4.24. The normalized spacial score (nSPS) is 13.0. The Bertz CT molecular complexity index is 370. The van der Waals surface area contributed by atoms with Gasteiger partial charge in [0.2, 0.25) is 0 Å². The van der Waals surface area contributed by atoms with Crippen LogP contribution in [-0.2, 0) is 5.92 Å². The highest BCUT2D eigenvalue weighted by atomic mass is 79.9. The second-order valence-corrected chi connectivity index (χ2v) is 3.56. The second-order valence-electron chi connectivity index (χ2n) is 2.70. The smallest absolute Gasteiger partial charge is 0.206 e. The number of halogens is 7. The highest BCUT2D eigenvalue weighted by Gasteiger charge is 2.58. The predicted molar refractivity (Wildman–Crippen MR) is 44.0 cm³/mol. The molecule has 0 unspecified atom stereocenters. The van der Waals surface area contributed by atoms with Gasteiger partial charge in [0, 0.05) is 5.56 Å². The summed E-state index contributed by atoms with van der Waals surface area (Å²) >= 11 is 2.65. The molecule has 1 rings (SSSR count). The summed E-state index contributed by atoms with van der Waals surface area (Å²) in [7, 11) is 0. The van der Waals surface area contributed by atoms with Crippen LogP contribution in [0.2, 0.25) is 0 Å². The van der Waals surface area contributed by atoms with E-state index in [0.717, 1.165) is 6.07 Å². The van der Waals surface area contributed by atoms with Crippen molar-refractivity contribution in [1.82, 2.24) is 0 Å². The number of hydrogen-bond acceptors (Lipinski definition) is 0. The molecule has 1 aromatic carbocycles. The van der Waals surface area contributed by atoms with Crippen molar-refractivity contribution in [3.63, 3.8) is 0 Å². The molecule has 0 aliphatic carbocycles. The molecule has 84 valence electrons. The largest absolute Gasteiger partial charge is 0.458 e. The van der Waals surface area contributed by atoms with Crippen molar-refractivity contribution in [3.05, 3.63) is 34.1 Å². The van der Waals surface area contributed by atoms with Gasteiger partial charge in [0.05, 0.1) is 4.47 Å². The average molecular weight is 293 g/mol. The van der Waals surface area contributed by atoms with Crippen molar-refractivity contribution in [2.24, 2.45) is 0 Å². The van der Waals surface area contributed by atoms with E-state index in [4.69, 9.17) is 0 Å². The molecule has 15 heavy (non-hydrogen) atoms. The van der Waals surface area contributed by atoms with E-state index in [0.29, 0.717) is 6.07 Å². The highest BCUT2D eigenvalue weighted by Crippen LogP contribution is 2.44. The number of rotatable bonds is 1. The van der Waals surface area contributed by atoms with Gasteiger partial charge in [-0.25, -0.2) is 4.39 Å². The van der Waals surface area contributed by atoms with E-state index >= 15 is 0 Å². The topological polar surface area (TPSA) is 0 Å². The first-order valence-corrected chi connectivity index (χ1v) is 4.35. The Balaban J connectivity index is 3.22. The first-order valence-electron chi connectivity index (χ1n) is 3.56. The number of benzene rings is 1. The summed E-state index contributed by atoms with van der Waals surface area (Å²) in [5.74, 6) is -6.22. The molecule has 0 nitrogen and oxygen atoms in total. The molecular formula is C8H3BrF6. The third-order valence-corrected chi connectivity index (χ3v) is 2.28. The van der Waals surface area contributed by atoms with E-state index < -0.39 is 23.5 Å². The maximum atomic E-state index is 12.8. The lowest BCUT2D eigenvalue weighted by Crippen LogP contribution is -2.33. The van der Waals surface area contributed by atoms with Gasteiger partial charge in [0.25, 0.3) is 0 Å². The second kappa shape index (κ2) is 3.70. The first kappa shape index (κ1) is 12.4. The molecule has 0 aliphatic heterocycles. The van der Waals surface area contributed by atoms with Crippen molar-refractivity contribution in [2.45, 2.75) is 12.1 Å². The molecule has 0 radical (unpaired) electrons. The molecule has 0 atom stereocenters. The van der Waals surface area contributed by atoms with E-state index in [1.165, 1.54) is 0 Å². The van der Waals surface area contributed by atoms with Crippen LogP contribution in [-0.4, -0.2) is 6.18 Å². The lowest BCUT2D eigenvalue weighted by molar-refractivity contribution is -0.289. The molecule has 7 heteroatoms. The van der Waals surface area contributed by atoms with E-state index in [1.54, 1.807) is 0 Å². The van der Waals surface area contributed by atoms with E-state index in [9.17, 15) is 26.3 Å². The van der Waals surface area contributed by atoms with Crippen LogP contribution >= 0.6 is 15.9 Å². The Morgan fingerprint density at radius 1 is 1.00 bits per heavy atom. The Labute approximate surface area is 89.0 Å². The van der Waals surface area contributed by atoms with E-state index in [2.05, 4.69) is 15.9 Å². The zero-order chi connectivity index (χ0) is 11.9. The molecule has 0 N–H and O–H groups in total. The van der Waals surface area contributed by atoms with Crippen LogP contribution in [0, 0.1) is 5.82 Å². The minimum atomic E-state index is -5.73. The summed E-state index contributed by atoms with van der Waals surface area (Å²) in [5, 5.41) is 0. The lowest BCUT2D eigenvalue weighted by atomic mass is 10.1. The molecule has 0 aromatic heterocycles. The van der Waals surface area contributed by atoms with Crippen molar-refractivity contribution < 1.29 is 26.3 Å². The Kier molecular flexibility index (Phi) is 3.04. The third-order valence-electron chi connectivity index (χ3n) is 1.64. The molecule has 0 fully saturated rings. The summed E-state index contributed by atoms with van der Waals surface area (Å²) in [6.45, 7) is 0. The van der Waals surface area contributed by atoms with Gasteiger partial charge >= 0.3 is 12.1 Å². The zero-order valence-electron chi connectivity index (χ0n) is 6.88. The number of hydrogen-bond donors (Lipinski definition) is 0. The summed E-state index contributed by atoms with van der Waals surface area (Å²) < 4.78 is 73.5. The van der Waals surface area contributed by atoms with Crippen LogP contribution in [0.1, 0.15) is 5.56 Å². The average Bonchev–Trinajstić information content (AvgIpc) is 2.07. The fraction of sp³-hybridized carbons (Fsp3) is 0.250. The molecule has 0 heterocycles. The van der Waals surface area contributed by atoms with Gasteiger partial charge in [-0.15, -0.1) is 0 Å². The van der Waals surface area contributed by atoms with Gasteiger partial charge in [-0.2, -0.15) is 22.0 Å². The molecule has 1 aromatic rings. The van der Waals surface area contributed by atoms with Crippen LogP contribution in [0.3, 0.4) is 0 Å². The van der Waals surface area contributed by atoms with Crippen LogP contribution in [0.25, 0.3) is 0 Å². The van der Waals surface area contributed by atoms with Gasteiger partial charge in [-0.05, 0) is 28.1 Å². The summed E-state index contributed by atoms with van der Waals surface area (Å²) in [6.07, 6.45) is -5.73. The fourth-order valence-corrected chi connectivity index (χ4v) is 1.10. The van der Waals surface area contributed by atoms with Gasteiger partial charge in [-0.1, -0.05) is 6.07 Å². The molecule has 0 spiro atoms. The Morgan fingerprint density at radius 3 is 1.93 bits per heavy atom. The van der Waals surface area contributed by atoms with Crippen molar-refractivity contribution in [1.29, 1.82) is 0 Å². The van der Waals surface area contributed by atoms with E-state index in [-0.39, 0.29) is 10.5 Å². The van der Waals surface area contributed by atoms with Crippen LogP contribution in [0.4, 0.5) is 26.3 Å². The maximum Gasteiger partial charge on any atom is 0.458 e. The van der Waals surface area contributed by atoms with Crippen LogP contribution in [0.5, 0.6) is 0 Å². The lowest BCUT2D eigenvalue weighted by Gasteiger charge is -2.19. The van der Waals surface area contributed by atoms with Gasteiger partial charge in [0.1, 0.15) is 5.82 Å². The molecule has 0 aliphatic rings. The Hall–Kier alpha value is -0.720. The summed E-state index contributed by atoms with van der Waals surface area (Å²) in [6, 6.07) is 1.46. The minimum absolute atomic E-state index is 0.150. The number of alkyl halides is 5. The maximum absolute atomic E-state index is 12.8. The molecular weight excluding hydrogens is 290 g/mol. The van der Waals surface area contributed by atoms with Gasteiger partial charge in [-0.3, -0.25) is 0 Å². The minimum Gasteiger partial charge on any atom is -0.206 e. The summed E-state index contributed by atoms with van der Waals surface area (Å²) in [4.78, 5) is 0. The van der Waals surface area contributed by atoms with E-state index in [1.807, 2.05) is 0 Å². The van der Waals surface area contributed by atoms with Crippen molar-refractivity contribution >= 4 is 15.9 Å². The molecule has 0 amide bonds. The summed E-state index contributed by atoms with van der Waals surface area (Å²) in [5.41, 5.74) is -1.42. The molecule has 0 bridgehead atoms. The SMILES string of the molecule is Fc1cc(C(F)(F)C(F)(F)F)ccc1Br. The molecule has 0 saturated carbocycles. The Morgan fingerprint density at radius 2 is 1.53 bits per heavy atom.